The molecule has 6 heteroatoms. The van der Waals surface area contributed by atoms with Gasteiger partial charge in [0.15, 0.2) is 0 Å². The number of halogens is 4. The van der Waals surface area contributed by atoms with Crippen molar-refractivity contribution in [1.82, 2.24) is 0 Å². The van der Waals surface area contributed by atoms with Crippen molar-refractivity contribution < 1.29 is 13.2 Å². The van der Waals surface area contributed by atoms with Crippen molar-refractivity contribution in [2.45, 2.75) is 6.18 Å². The Morgan fingerprint density at radius 3 is 2.29 bits per heavy atom. The van der Waals surface area contributed by atoms with E-state index in [1.54, 1.807) is 0 Å². The summed E-state index contributed by atoms with van der Waals surface area (Å²) in [5.74, 6) is -0.358. The minimum absolute atomic E-state index is 0.0969. The summed E-state index contributed by atoms with van der Waals surface area (Å²) < 4.78 is 36.5. The summed E-state index contributed by atoms with van der Waals surface area (Å²) >= 11 is 5.51. The maximum absolute atomic E-state index is 12.2. The van der Waals surface area contributed by atoms with Gasteiger partial charge in [0.05, 0.1) is 10.6 Å². The third-order valence-electron chi connectivity index (χ3n) is 1.59. The lowest BCUT2D eigenvalue weighted by Crippen LogP contribution is -2.13. The average molecular weight is 223 g/mol. The van der Waals surface area contributed by atoms with Gasteiger partial charge in [-0.3, -0.25) is 5.41 Å². The van der Waals surface area contributed by atoms with Crippen LogP contribution in [0.2, 0.25) is 5.02 Å². The molecule has 0 spiro atoms. The number of hydrogen-bond donors (Lipinski definition) is 2. The summed E-state index contributed by atoms with van der Waals surface area (Å²) in [6, 6.07) is 2.66. The van der Waals surface area contributed by atoms with Gasteiger partial charge in [-0.05, 0) is 18.2 Å². The van der Waals surface area contributed by atoms with E-state index in [9.17, 15) is 13.2 Å². The number of rotatable bonds is 1. The molecule has 1 rings (SSSR count). The molecule has 0 bridgehead atoms. The fourth-order valence-corrected chi connectivity index (χ4v) is 1.19. The highest BCUT2D eigenvalue weighted by Gasteiger charge is 2.30. The molecule has 0 amide bonds. The van der Waals surface area contributed by atoms with Gasteiger partial charge in [-0.25, -0.2) is 0 Å². The van der Waals surface area contributed by atoms with E-state index in [0.717, 1.165) is 18.2 Å². The maximum atomic E-state index is 12.2. The molecule has 0 atom stereocenters. The number of nitrogen functional groups attached to an aromatic ring is 1. The van der Waals surface area contributed by atoms with Gasteiger partial charge in [0.1, 0.15) is 5.84 Å². The minimum atomic E-state index is -4.43. The standard InChI is InChI=1S/C8H6ClF3N2/c9-6-3-4(8(10,11)12)1-2-5(6)7(13)14/h1-3H,(H3,13,14). The van der Waals surface area contributed by atoms with Gasteiger partial charge in [0.2, 0.25) is 0 Å². The van der Waals surface area contributed by atoms with E-state index in [1.165, 1.54) is 0 Å². The van der Waals surface area contributed by atoms with Crippen LogP contribution in [-0.4, -0.2) is 5.84 Å². The van der Waals surface area contributed by atoms with E-state index < -0.39 is 11.7 Å². The van der Waals surface area contributed by atoms with Crippen molar-refractivity contribution in [3.63, 3.8) is 0 Å². The normalized spacial score (nSPS) is 11.4. The maximum Gasteiger partial charge on any atom is 0.416 e. The molecule has 3 N–H and O–H groups in total. The summed E-state index contributed by atoms with van der Waals surface area (Å²) in [6.45, 7) is 0. The zero-order chi connectivity index (χ0) is 10.9. The van der Waals surface area contributed by atoms with Gasteiger partial charge in [-0.2, -0.15) is 13.2 Å². The topological polar surface area (TPSA) is 49.9 Å². The molecule has 14 heavy (non-hydrogen) atoms. The van der Waals surface area contributed by atoms with Crippen molar-refractivity contribution in [2.75, 3.05) is 0 Å². The molecule has 0 unspecified atom stereocenters. The van der Waals surface area contributed by atoms with Crippen LogP contribution in [0.3, 0.4) is 0 Å². The van der Waals surface area contributed by atoms with Gasteiger partial charge in [-0.15, -0.1) is 0 Å². The Labute approximate surface area is 83.0 Å². The van der Waals surface area contributed by atoms with Crippen LogP contribution >= 0.6 is 11.6 Å². The van der Waals surface area contributed by atoms with Crippen LogP contribution in [0, 0.1) is 5.41 Å². The third-order valence-corrected chi connectivity index (χ3v) is 1.90. The first-order valence-electron chi connectivity index (χ1n) is 3.53. The Bertz CT molecular complexity index is 373. The van der Waals surface area contributed by atoms with E-state index in [1.807, 2.05) is 0 Å². The smallest absolute Gasteiger partial charge is 0.384 e. The first-order chi connectivity index (χ1) is 6.32. The molecule has 2 nitrogen and oxygen atoms in total. The van der Waals surface area contributed by atoms with Gasteiger partial charge >= 0.3 is 6.18 Å². The Balaban J connectivity index is 3.20. The van der Waals surface area contributed by atoms with Crippen LogP contribution in [0.5, 0.6) is 0 Å². The number of hydrogen-bond acceptors (Lipinski definition) is 1. The summed E-state index contributed by atoms with van der Waals surface area (Å²) in [5, 5.41) is 6.84. The number of amidine groups is 1. The summed E-state index contributed by atoms with van der Waals surface area (Å²) in [6.07, 6.45) is -4.43. The molecule has 0 fully saturated rings. The van der Waals surface area contributed by atoms with Crippen molar-refractivity contribution >= 4 is 17.4 Å². The second kappa shape index (κ2) is 3.49. The van der Waals surface area contributed by atoms with Crippen molar-refractivity contribution in [3.05, 3.63) is 34.3 Å². The van der Waals surface area contributed by atoms with Gasteiger partial charge in [0, 0.05) is 5.56 Å². The predicted octanol–water partition coefficient (Wildman–Crippen LogP) is 2.64. The van der Waals surface area contributed by atoms with Crippen LogP contribution in [0.25, 0.3) is 0 Å². The minimum Gasteiger partial charge on any atom is -0.384 e. The van der Waals surface area contributed by atoms with Crippen molar-refractivity contribution in [3.8, 4) is 0 Å². The summed E-state index contributed by atoms with van der Waals surface area (Å²) in [4.78, 5) is 0. The monoisotopic (exact) mass is 222 g/mol. The molecular weight excluding hydrogens is 217 g/mol. The van der Waals surface area contributed by atoms with Crippen molar-refractivity contribution in [2.24, 2.45) is 5.73 Å². The van der Waals surface area contributed by atoms with Gasteiger partial charge in [0.25, 0.3) is 0 Å². The molecule has 0 aliphatic rings. The zero-order valence-electron chi connectivity index (χ0n) is 6.82. The SMILES string of the molecule is N=C(N)c1ccc(C(F)(F)F)cc1Cl. The quantitative estimate of drug-likeness (QED) is 0.557. The first-order valence-corrected chi connectivity index (χ1v) is 3.91. The Morgan fingerprint density at radius 1 is 1.36 bits per heavy atom. The molecule has 0 aliphatic carbocycles. The van der Waals surface area contributed by atoms with Crippen LogP contribution < -0.4 is 5.73 Å². The largest absolute Gasteiger partial charge is 0.416 e. The number of benzene rings is 1. The van der Waals surface area contributed by atoms with Gasteiger partial charge < -0.3 is 5.73 Å². The third kappa shape index (κ3) is 2.17. The summed E-state index contributed by atoms with van der Waals surface area (Å²) in [5.41, 5.74) is 4.33. The van der Waals surface area contributed by atoms with E-state index in [-0.39, 0.29) is 16.4 Å². The van der Waals surface area contributed by atoms with Crippen LogP contribution in [0.15, 0.2) is 18.2 Å². The predicted molar refractivity (Wildman–Crippen MR) is 47.5 cm³/mol. The Kier molecular flexibility index (Phi) is 2.71. The number of nitrogens with one attached hydrogen (secondary N) is 1. The van der Waals surface area contributed by atoms with E-state index in [0.29, 0.717) is 0 Å². The fraction of sp³-hybridized carbons (Fsp3) is 0.125. The molecular formula is C8H6ClF3N2. The van der Waals surface area contributed by atoms with E-state index >= 15 is 0 Å². The highest BCUT2D eigenvalue weighted by Crippen LogP contribution is 2.31. The summed E-state index contributed by atoms with van der Waals surface area (Å²) in [7, 11) is 0. The van der Waals surface area contributed by atoms with Crippen LogP contribution in [0.1, 0.15) is 11.1 Å². The molecule has 0 saturated carbocycles. The molecule has 1 aromatic carbocycles. The van der Waals surface area contributed by atoms with Crippen molar-refractivity contribution in [1.29, 1.82) is 5.41 Å². The number of nitrogens with two attached hydrogens (primary N) is 1. The lowest BCUT2D eigenvalue weighted by atomic mass is 10.1. The zero-order valence-corrected chi connectivity index (χ0v) is 7.58. The molecule has 0 saturated heterocycles. The highest BCUT2D eigenvalue weighted by atomic mass is 35.5. The van der Waals surface area contributed by atoms with Crippen LogP contribution in [-0.2, 0) is 6.18 Å². The highest BCUT2D eigenvalue weighted by molar-refractivity contribution is 6.34. The Hall–Kier alpha value is -1.23. The molecule has 1 aromatic rings. The molecule has 0 aromatic heterocycles. The molecule has 0 radical (unpaired) electrons. The molecule has 0 heterocycles. The molecule has 0 aliphatic heterocycles. The first kappa shape index (κ1) is 10.8. The number of alkyl halides is 3. The van der Waals surface area contributed by atoms with Gasteiger partial charge in [-0.1, -0.05) is 11.6 Å². The fourth-order valence-electron chi connectivity index (χ4n) is 0.910. The van der Waals surface area contributed by atoms with E-state index in [2.05, 4.69) is 0 Å². The second-order valence-electron chi connectivity index (χ2n) is 2.61. The Morgan fingerprint density at radius 2 is 1.93 bits per heavy atom. The average Bonchev–Trinajstić information content (AvgIpc) is 2.01. The molecule has 76 valence electrons. The van der Waals surface area contributed by atoms with Crippen LogP contribution in [0.4, 0.5) is 13.2 Å². The second-order valence-corrected chi connectivity index (χ2v) is 3.01. The lowest BCUT2D eigenvalue weighted by Gasteiger charge is -2.08. The van der Waals surface area contributed by atoms with E-state index in [4.69, 9.17) is 22.7 Å². The lowest BCUT2D eigenvalue weighted by molar-refractivity contribution is -0.137.